The molecule has 7 heteroatoms. The first-order valence-corrected chi connectivity index (χ1v) is 7.25. The lowest BCUT2D eigenvalue weighted by Gasteiger charge is -2.33. The van der Waals surface area contributed by atoms with Crippen LogP contribution in [0, 0.1) is 6.92 Å². The van der Waals surface area contributed by atoms with Crippen molar-refractivity contribution in [3.05, 3.63) is 41.7 Å². The number of amides is 2. The number of carbonyl (C=O) groups is 2. The van der Waals surface area contributed by atoms with Gasteiger partial charge in [0.15, 0.2) is 0 Å². The molecule has 0 bridgehead atoms. The van der Waals surface area contributed by atoms with Gasteiger partial charge in [0.2, 0.25) is 0 Å². The number of rotatable bonds is 3. The molecule has 0 fully saturated rings. The van der Waals surface area contributed by atoms with Crippen LogP contribution < -0.4 is 15.4 Å². The lowest BCUT2D eigenvalue weighted by Crippen LogP contribution is -2.58. The van der Waals surface area contributed by atoms with E-state index in [4.69, 9.17) is 4.74 Å². The van der Waals surface area contributed by atoms with Crippen LogP contribution in [0.4, 0.5) is 5.69 Å². The lowest BCUT2D eigenvalue weighted by molar-refractivity contribution is -0.146. The van der Waals surface area contributed by atoms with Gasteiger partial charge in [0.25, 0.3) is 17.4 Å². The standard InChI is InChI=1S/C16H18N4O3/c1-10-4-5-13-12(6-10)19-15(22)16(2,23-13)14(21)17-7-11-8-18-20(3)9-11/h4-6,8-9H,7H2,1-3H3,(H,17,21)(H,19,22). The summed E-state index contributed by atoms with van der Waals surface area (Å²) in [6, 6.07) is 5.42. The molecule has 1 aromatic carbocycles. The van der Waals surface area contributed by atoms with E-state index in [1.807, 2.05) is 13.0 Å². The van der Waals surface area contributed by atoms with Gasteiger partial charge >= 0.3 is 0 Å². The number of nitrogens with one attached hydrogen (secondary N) is 2. The topological polar surface area (TPSA) is 85.3 Å². The van der Waals surface area contributed by atoms with Crippen molar-refractivity contribution in [3.63, 3.8) is 0 Å². The highest BCUT2D eigenvalue weighted by molar-refractivity contribution is 6.15. The van der Waals surface area contributed by atoms with Crippen LogP contribution in [0.3, 0.4) is 0 Å². The average Bonchev–Trinajstić information content (AvgIpc) is 2.92. The third kappa shape index (κ3) is 2.77. The van der Waals surface area contributed by atoms with Crippen molar-refractivity contribution in [2.24, 2.45) is 7.05 Å². The van der Waals surface area contributed by atoms with E-state index in [2.05, 4.69) is 15.7 Å². The largest absolute Gasteiger partial charge is 0.466 e. The second-order valence-corrected chi connectivity index (χ2v) is 5.79. The van der Waals surface area contributed by atoms with Crippen LogP contribution in [0.25, 0.3) is 0 Å². The number of hydrogen-bond acceptors (Lipinski definition) is 4. The van der Waals surface area contributed by atoms with Gasteiger partial charge in [0, 0.05) is 25.4 Å². The van der Waals surface area contributed by atoms with E-state index in [0.29, 0.717) is 11.4 Å². The number of ether oxygens (including phenoxy) is 1. The third-order valence-electron chi connectivity index (χ3n) is 3.78. The Morgan fingerprint density at radius 3 is 2.96 bits per heavy atom. The molecule has 120 valence electrons. The van der Waals surface area contributed by atoms with Crippen molar-refractivity contribution in [1.29, 1.82) is 0 Å². The van der Waals surface area contributed by atoms with Crippen molar-refractivity contribution in [2.45, 2.75) is 26.0 Å². The van der Waals surface area contributed by atoms with Crippen LogP contribution in [-0.4, -0.2) is 27.2 Å². The smallest absolute Gasteiger partial charge is 0.278 e. The first-order valence-electron chi connectivity index (χ1n) is 7.25. The molecule has 1 aromatic heterocycles. The molecule has 1 aliphatic heterocycles. The van der Waals surface area contributed by atoms with Gasteiger partial charge in [-0.2, -0.15) is 5.10 Å². The molecule has 0 saturated heterocycles. The minimum Gasteiger partial charge on any atom is -0.466 e. The Morgan fingerprint density at radius 2 is 2.26 bits per heavy atom. The number of aryl methyl sites for hydroxylation is 2. The number of benzene rings is 1. The molecule has 1 aliphatic rings. The molecule has 2 amide bonds. The molecule has 1 unspecified atom stereocenters. The molecule has 7 nitrogen and oxygen atoms in total. The van der Waals surface area contributed by atoms with Gasteiger partial charge in [-0.05, 0) is 31.5 Å². The van der Waals surface area contributed by atoms with Crippen molar-refractivity contribution in [1.82, 2.24) is 15.1 Å². The highest BCUT2D eigenvalue weighted by Gasteiger charge is 2.47. The highest BCUT2D eigenvalue weighted by Crippen LogP contribution is 2.34. The summed E-state index contributed by atoms with van der Waals surface area (Å²) in [6.07, 6.45) is 3.45. The molecule has 0 saturated carbocycles. The van der Waals surface area contributed by atoms with E-state index in [1.54, 1.807) is 36.3 Å². The van der Waals surface area contributed by atoms with E-state index < -0.39 is 17.4 Å². The Morgan fingerprint density at radius 1 is 1.48 bits per heavy atom. The maximum absolute atomic E-state index is 12.5. The summed E-state index contributed by atoms with van der Waals surface area (Å²) in [6.45, 7) is 3.66. The van der Waals surface area contributed by atoms with Crippen molar-refractivity contribution < 1.29 is 14.3 Å². The lowest BCUT2D eigenvalue weighted by atomic mass is 10.0. The van der Waals surface area contributed by atoms with Crippen LogP contribution in [0.5, 0.6) is 5.75 Å². The van der Waals surface area contributed by atoms with E-state index in [9.17, 15) is 9.59 Å². The zero-order valence-corrected chi connectivity index (χ0v) is 13.2. The Hall–Kier alpha value is -2.83. The summed E-state index contributed by atoms with van der Waals surface area (Å²) in [5.74, 6) is -0.501. The van der Waals surface area contributed by atoms with Gasteiger partial charge < -0.3 is 15.4 Å². The first kappa shape index (κ1) is 15.1. The Bertz CT molecular complexity index is 783. The molecule has 3 rings (SSSR count). The maximum atomic E-state index is 12.5. The number of fused-ring (bicyclic) bond motifs is 1. The summed E-state index contributed by atoms with van der Waals surface area (Å²) in [4.78, 5) is 24.8. The zero-order chi connectivity index (χ0) is 16.6. The number of carbonyl (C=O) groups excluding carboxylic acids is 2. The van der Waals surface area contributed by atoms with Gasteiger partial charge in [0.1, 0.15) is 5.75 Å². The van der Waals surface area contributed by atoms with Crippen LogP contribution in [0.1, 0.15) is 18.1 Å². The second-order valence-electron chi connectivity index (χ2n) is 5.79. The summed E-state index contributed by atoms with van der Waals surface area (Å²) < 4.78 is 7.34. The van der Waals surface area contributed by atoms with E-state index in [1.165, 1.54) is 6.92 Å². The predicted octanol–water partition coefficient (Wildman–Crippen LogP) is 1.13. The molecular formula is C16H18N4O3. The number of hydrogen-bond donors (Lipinski definition) is 2. The Labute approximate surface area is 133 Å². The Kier molecular flexibility index (Phi) is 3.55. The molecule has 1 atom stereocenters. The molecule has 2 heterocycles. The summed E-state index contributed by atoms with van der Waals surface area (Å²) >= 11 is 0. The Balaban J connectivity index is 1.76. The van der Waals surface area contributed by atoms with Crippen LogP contribution in [0.2, 0.25) is 0 Å². The minimum absolute atomic E-state index is 0.277. The fourth-order valence-electron chi connectivity index (χ4n) is 2.40. The van der Waals surface area contributed by atoms with Crippen molar-refractivity contribution in [2.75, 3.05) is 5.32 Å². The fraction of sp³-hybridized carbons (Fsp3) is 0.312. The quantitative estimate of drug-likeness (QED) is 0.832. The normalized spacial score (nSPS) is 19.5. The van der Waals surface area contributed by atoms with Crippen LogP contribution in [-0.2, 0) is 23.2 Å². The summed E-state index contributed by atoms with van der Waals surface area (Å²) in [7, 11) is 1.79. The van der Waals surface area contributed by atoms with Gasteiger partial charge in [-0.15, -0.1) is 0 Å². The first-order chi connectivity index (χ1) is 10.9. The zero-order valence-electron chi connectivity index (χ0n) is 13.2. The molecule has 2 aromatic rings. The number of anilines is 1. The van der Waals surface area contributed by atoms with E-state index in [-0.39, 0.29) is 6.54 Å². The van der Waals surface area contributed by atoms with Crippen molar-refractivity contribution >= 4 is 17.5 Å². The second kappa shape index (κ2) is 5.42. The maximum Gasteiger partial charge on any atom is 0.278 e. The molecular weight excluding hydrogens is 296 g/mol. The van der Waals surface area contributed by atoms with Crippen LogP contribution in [0.15, 0.2) is 30.6 Å². The number of aromatic nitrogens is 2. The monoisotopic (exact) mass is 314 g/mol. The SMILES string of the molecule is Cc1ccc2c(c1)NC(=O)C(C)(C(=O)NCc1cnn(C)c1)O2. The van der Waals surface area contributed by atoms with Gasteiger partial charge in [-0.1, -0.05) is 6.07 Å². The van der Waals surface area contributed by atoms with Crippen molar-refractivity contribution in [3.8, 4) is 5.75 Å². The minimum atomic E-state index is -1.61. The van der Waals surface area contributed by atoms with E-state index >= 15 is 0 Å². The predicted molar refractivity (Wildman–Crippen MR) is 83.9 cm³/mol. The average molecular weight is 314 g/mol. The molecule has 0 radical (unpaired) electrons. The fourth-order valence-corrected chi connectivity index (χ4v) is 2.40. The van der Waals surface area contributed by atoms with Gasteiger partial charge in [-0.25, -0.2) is 0 Å². The van der Waals surface area contributed by atoms with Gasteiger partial charge in [0.05, 0.1) is 11.9 Å². The molecule has 0 spiro atoms. The summed E-state index contributed by atoms with van der Waals surface area (Å²) in [5, 5.41) is 9.48. The van der Waals surface area contributed by atoms with E-state index in [0.717, 1.165) is 11.1 Å². The summed E-state index contributed by atoms with van der Waals surface area (Å²) in [5.41, 5.74) is 0.811. The van der Waals surface area contributed by atoms with Gasteiger partial charge in [-0.3, -0.25) is 14.3 Å². The highest BCUT2D eigenvalue weighted by atomic mass is 16.5. The molecule has 0 aliphatic carbocycles. The van der Waals surface area contributed by atoms with Crippen LogP contribution >= 0.6 is 0 Å². The molecule has 23 heavy (non-hydrogen) atoms. The molecule has 2 N–H and O–H groups in total. The third-order valence-corrected chi connectivity index (χ3v) is 3.78. The number of nitrogens with zero attached hydrogens (tertiary/aromatic N) is 2.